The van der Waals surface area contributed by atoms with Crippen LogP contribution in [0.15, 0.2) is 12.4 Å². The fourth-order valence-electron chi connectivity index (χ4n) is 1.09. The molecule has 1 aromatic rings. The minimum atomic E-state index is 0.868. The Bertz CT molecular complexity index is 248. The van der Waals surface area contributed by atoms with Gasteiger partial charge in [-0.05, 0) is 19.2 Å². The smallest absolute Gasteiger partial charge is 0.138 e. The van der Waals surface area contributed by atoms with Gasteiger partial charge < -0.3 is 5.32 Å². The molecule has 1 heterocycles. The van der Waals surface area contributed by atoms with Crippen LogP contribution in [-0.4, -0.2) is 22.8 Å². The Morgan fingerprint density at radius 2 is 2.07 bits per heavy atom. The van der Waals surface area contributed by atoms with E-state index in [0.29, 0.717) is 0 Å². The van der Waals surface area contributed by atoms with Crippen LogP contribution in [0, 0.1) is 0 Å². The van der Waals surface area contributed by atoms with Crippen molar-refractivity contribution in [2.45, 2.75) is 25.6 Å². The third-order valence-electron chi connectivity index (χ3n) is 1.79. The molecular weight excluding hydrogens is 194 g/mol. The van der Waals surface area contributed by atoms with E-state index in [-0.39, 0.29) is 0 Å². The third-order valence-corrected chi connectivity index (χ3v) is 2.34. The molecule has 1 N–H and O–H groups in total. The number of nitrogens with one attached hydrogen (secondary N) is 1. The normalized spacial score (nSPS) is 10.4. The van der Waals surface area contributed by atoms with Crippen molar-refractivity contribution in [2.75, 3.05) is 12.8 Å². The Hall–Kier alpha value is -0.610. The molecule has 0 saturated heterocycles. The molecule has 0 fully saturated rings. The van der Waals surface area contributed by atoms with Crippen molar-refractivity contribution in [1.29, 1.82) is 0 Å². The van der Waals surface area contributed by atoms with Gasteiger partial charge in [0.15, 0.2) is 0 Å². The van der Waals surface area contributed by atoms with Crippen LogP contribution in [0.2, 0.25) is 0 Å². The lowest BCUT2D eigenvalue weighted by Crippen LogP contribution is -2.14. The summed E-state index contributed by atoms with van der Waals surface area (Å²) in [6, 6.07) is 0. The van der Waals surface area contributed by atoms with Gasteiger partial charge in [0.05, 0.1) is 5.75 Å². The number of rotatable bonds is 6. The van der Waals surface area contributed by atoms with E-state index in [2.05, 4.69) is 28.5 Å². The molecule has 0 saturated carbocycles. The summed E-state index contributed by atoms with van der Waals surface area (Å²) in [5.41, 5.74) is 1.16. The lowest BCUT2D eigenvalue weighted by molar-refractivity contribution is 0.671. The van der Waals surface area contributed by atoms with Crippen molar-refractivity contribution in [2.24, 2.45) is 0 Å². The van der Waals surface area contributed by atoms with Crippen LogP contribution in [0.3, 0.4) is 0 Å². The Morgan fingerprint density at radius 1 is 1.36 bits per heavy atom. The second-order valence-electron chi connectivity index (χ2n) is 3.12. The molecule has 0 amide bonds. The molecule has 3 nitrogen and oxygen atoms in total. The minimum Gasteiger partial charge on any atom is -0.313 e. The summed E-state index contributed by atoms with van der Waals surface area (Å²) in [5, 5.41) is 3.32. The lowest BCUT2D eigenvalue weighted by Gasteiger charge is -2.02. The quantitative estimate of drug-likeness (QED) is 0.729. The monoisotopic (exact) mass is 211 g/mol. The van der Waals surface area contributed by atoms with Gasteiger partial charge >= 0.3 is 0 Å². The minimum absolute atomic E-state index is 0.868. The fraction of sp³-hybridized carbons (Fsp3) is 0.600. The Morgan fingerprint density at radius 3 is 2.64 bits per heavy atom. The number of aromatic nitrogens is 2. The van der Waals surface area contributed by atoms with E-state index < -0.39 is 0 Å². The maximum absolute atomic E-state index is 4.28. The number of thioether (sulfide) groups is 1. The zero-order valence-electron chi connectivity index (χ0n) is 8.79. The maximum Gasteiger partial charge on any atom is 0.138 e. The second kappa shape index (κ2) is 6.79. The van der Waals surface area contributed by atoms with Crippen molar-refractivity contribution < 1.29 is 0 Å². The molecule has 0 aromatic carbocycles. The largest absolute Gasteiger partial charge is 0.313 e. The van der Waals surface area contributed by atoms with E-state index >= 15 is 0 Å². The van der Waals surface area contributed by atoms with Gasteiger partial charge in [0.25, 0.3) is 0 Å². The standard InChI is InChI=1S/C10H17N3S/c1-3-4-11-5-9-6-12-10(8-14-2)13-7-9/h6-7,11H,3-5,8H2,1-2H3. The summed E-state index contributed by atoms with van der Waals surface area (Å²) >= 11 is 1.74. The van der Waals surface area contributed by atoms with Crippen molar-refractivity contribution in [3.05, 3.63) is 23.8 Å². The first kappa shape index (κ1) is 11.5. The predicted molar refractivity (Wildman–Crippen MR) is 61.2 cm³/mol. The maximum atomic E-state index is 4.28. The molecule has 0 bridgehead atoms. The summed E-state index contributed by atoms with van der Waals surface area (Å²) in [6.45, 7) is 4.07. The molecule has 0 aliphatic heterocycles. The highest BCUT2D eigenvalue weighted by molar-refractivity contribution is 7.97. The van der Waals surface area contributed by atoms with Gasteiger partial charge in [-0.15, -0.1) is 0 Å². The van der Waals surface area contributed by atoms with Gasteiger partial charge in [0.2, 0.25) is 0 Å². The molecule has 0 unspecified atom stereocenters. The van der Waals surface area contributed by atoms with E-state index in [1.807, 2.05) is 12.4 Å². The highest BCUT2D eigenvalue weighted by Gasteiger charge is 1.96. The highest BCUT2D eigenvalue weighted by Crippen LogP contribution is 2.03. The Balaban J connectivity index is 2.38. The average Bonchev–Trinajstić information content (AvgIpc) is 2.21. The molecule has 0 spiro atoms. The van der Waals surface area contributed by atoms with Crippen LogP contribution in [0.5, 0.6) is 0 Å². The van der Waals surface area contributed by atoms with Crippen LogP contribution in [0.25, 0.3) is 0 Å². The first-order chi connectivity index (χ1) is 6.86. The number of hydrogen-bond acceptors (Lipinski definition) is 4. The summed E-state index contributed by atoms with van der Waals surface area (Å²) < 4.78 is 0. The van der Waals surface area contributed by atoms with Crippen molar-refractivity contribution in [3.8, 4) is 0 Å². The van der Waals surface area contributed by atoms with Gasteiger partial charge in [-0.25, -0.2) is 9.97 Å². The summed E-state index contributed by atoms with van der Waals surface area (Å²) in [5.74, 6) is 1.81. The lowest BCUT2D eigenvalue weighted by atomic mass is 10.3. The van der Waals surface area contributed by atoms with E-state index in [1.165, 1.54) is 0 Å². The second-order valence-corrected chi connectivity index (χ2v) is 3.98. The Kier molecular flexibility index (Phi) is 5.56. The van der Waals surface area contributed by atoms with Crippen molar-refractivity contribution >= 4 is 11.8 Å². The summed E-state index contributed by atoms with van der Waals surface area (Å²) in [6.07, 6.45) is 7.02. The van der Waals surface area contributed by atoms with E-state index in [4.69, 9.17) is 0 Å². The van der Waals surface area contributed by atoms with E-state index in [1.54, 1.807) is 11.8 Å². The third kappa shape index (κ3) is 4.07. The molecular formula is C10H17N3S. The van der Waals surface area contributed by atoms with Crippen LogP contribution >= 0.6 is 11.8 Å². The number of hydrogen-bond donors (Lipinski definition) is 1. The van der Waals surface area contributed by atoms with Crippen LogP contribution in [0.4, 0.5) is 0 Å². The van der Waals surface area contributed by atoms with Gasteiger partial charge in [0, 0.05) is 24.5 Å². The molecule has 1 rings (SSSR count). The van der Waals surface area contributed by atoms with Crippen LogP contribution in [0.1, 0.15) is 24.7 Å². The zero-order chi connectivity index (χ0) is 10.2. The first-order valence-corrected chi connectivity index (χ1v) is 6.25. The molecule has 0 aliphatic carbocycles. The Labute approximate surface area is 89.7 Å². The fourth-order valence-corrected chi connectivity index (χ4v) is 1.49. The molecule has 0 radical (unpaired) electrons. The SMILES string of the molecule is CCCNCc1cnc(CSC)nc1. The van der Waals surface area contributed by atoms with Gasteiger partial charge in [0.1, 0.15) is 5.82 Å². The number of nitrogens with zero attached hydrogens (tertiary/aromatic N) is 2. The van der Waals surface area contributed by atoms with Gasteiger partial charge in [-0.1, -0.05) is 6.92 Å². The molecule has 4 heteroatoms. The predicted octanol–water partition coefficient (Wildman–Crippen LogP) is 1.84. The summed E-state index contributed by atoms with van der Waals surface area (Å²) in [4.78, 5) is 8.55. The van der Waals surface area contributed by atoms with Crippen molar-refractivity contribution in [1.82, 2.24) is 15.3 Å². The van der Waals surface area contributed by atoms with E-state index in [0.717, 1.165) is 36.7 Å². The molecule has 0 atom stereocenters. The summed E-state index contributed by atoms with van der Waals surface area (Å²) in [7, 11) is 0. The van der Waals surface area contributed by atoms with Gasteiger partial charge in [-0.3, -0.25) is 0 Å². The average molecular weight is 211 g/mol. The van der Waals surface area contributed by atoms with Crippen molar-refractivity contribution in [3.63, 3.8) is 0 Å². The first-order valence-electron chi connectivity index (χ1n) is 4.86. The topological polar surface area (TPSA) is 37.8 Å². The van der Waals surface area contributed by atoms with Gasteiger partial charge in [-0.2, -0.15) is 11.8 Å². The van der Waals surface area contributed by atoms with Crippen LogP contribution in [-0.2, 0) is 12.3 Å². The molecule has 0 aliphatic rings. The zero-order valence-corrected chi connectivity index (χ0v) is 9.60. The van der Waals surface area contributed by atoms with E-state index in [9.17, 15) is 0 Å². The molecule has 78 valence electrons. The van der Waals surface area contributed by atoms with Crippen LogP contribution < -0.4 is 5.32 Å². The molecule has 1 aromatic heterocycles. The highest BCUT2D eigenvalue weighted by atomic mass is 32.2. The molecule has 14 heavy (non-hydrogen) atoms.